The zero-order valence-electron chi connectivity index (χ0n) is 13.7. The molecular weight excluding hydrogens is 338 g/mol. The van der Waals surface area contributed by atoms with Crippen LogP contribution in [0.25, 0.3) is 10.2 Å². The van der Waals surface area contributed by atoms with Crippen molar-refractivity contribution in [3.63, 3.8) is 0 Å². The van der Waals surface area contributed by atoms with Gasteiger partial charge in [-0.15, -0.1) is 22.7 Å². The van der Waals surface area contributed by atoms with Crippen LogP contribution in [0.3, 0.4) is 0 Å². The second-order valence-electron chi connectivity index (χ2n) is 6.11. The molecule has 4 rings (SSSR count). The van der Waals surface area contributed by atoms with Crippen LogP contribution in [-0.2, 0) is 0 Å². The van der Waals surface area contributed by atoms with E-state index in [0.29, 0.717) is 6.04 Å². The van der Waals surface area contributed by atoms with Crippen molar-refractivity contribution in [1.29, 1.82) is 0 Å². The van der Waals surface area contributed by atoms with Crippen LogP contribution >= 0.6 is 22.7 Å². The summed E-state index contributed by atoms with van der Waals surface area (Å²) < 4.78 is 0. The number of aromatic nitrogens is 2. The Balaban J connectivity index is 1.53. The molecular formula is C17H21N5S2. The molecule has 1 aliphatic rings. The van der Waals surface area contributed by atoms with Crippen LogP contribution in [0.1, 0.15) is 10.9 Å². The molecule has 0 spiro atoms. The molecule has 4 heterocycles. The molecule has 1 saturated heterocycles. The van der Waals surface area contributed by atoms with Crippen LogP contribution < -0.4 is 5.32 Å². The van der Waals surface area contributed by atoms with Gasteiger partial charge in [0.25, 0.3) is 0 Å². The number of nitrogens with one attached hydrogen (secondary N) is 1. The highest BCUT2D eigenvalue weighted by Gasteiger charge is 2.24. The average molecular weight is 360 g/mol. The first-order valence-corrected chi connectivity index (χ1v) is 9.95. The zero-order chi connectivity index (χ0) is 16.4. The second-order valence-corrected chi connectivity index (χ2v) is 7.99. The Kier molecular flexibility index (Phi) is 4.75. The van der Waals surface area contributed by atoms with Crippen molar-refractivity contribution in [3.8, 4) is 0 Å². The fraction of sp³-hybridized carbons (Fsp3) is 0.412. The first-order chi connectivity index (χ1) is 11.8. The molecule has 0 bridgehead atoms. The molecule has 1 atom stereocenters. The van der Waals surface area contributed by atoms with Crippen molar-refractivity contribution in [3.05, 3.63) is 40.2 Å². The lowest BCUT2D eigenvalue weighted by Gasteiger charge is -2.37. The number of anilines is 1. The van der Waals surface area contributed by atoms with Crippen molar-refractivity contribution < 1.29 is 0 Å². The summed E-state index contributed by atoms with van der Waals surface area (Å²) in [4.78, 5) is 16.2. The molecule has 0 radical (unpaired) electrons. The van der Waals surface area contributed by atoms with Gasteiger partial charge in [0.05, 0.1) is 11.4 Å². The summed E-state index contributed by atoms with van der Waals surface area (Å²) in [6, 6.07) is 6.88. The van der Waals surface area contributed by atoms with Crippen LogP contribution in [0.15, 0.2) is 35.3 Å². The smallest absolute Gasteiger partial charge is 0.138 e. The number of piperazine rings is 1. The topological polar surface area (TPSA) is 44.3 Å². The second kappa shape index (κ2) is 7.14. The predicted octanol–water partition coefficient (Wildman–Crippen LogP) is 3.15. The lowest BCUT2D eigenvalue weighted by molar-refractivity contribution is 0.118. The van der Waals surface area contributed by atoms with E-state index in [4.69, 9.17) is 0 Å². The van der Waals surface area contributed by atoms with Crippen LogP contribution in [0, 0.1) is 0 Å². The van der Waals surface area contributed by atoms with E-state index in [1.165, 1.54) is 4.88 Å². The highest BCUT2D eigenvalue weighted by atomic mass is 32.1. The number of thiophene rings is 2. The van der Waals surface area contributed by atoms with Gasteiger partial charge in [0.15, 0.2) is 0 Å². The Morgan fingerprint density at radius 1 is 1.12 bits per heavy atom. The fourth-order valence-electron chi connectivity index (χ4n) is 3.15. The molecule has 1 unspecified atom stereocenters. The molecule has 1 aliphatic heterocycles. The minimum Gasteiger partial charge on any atom is -0.367 e. The minimum atomic E-state index is 0.391. The number of fused-ring (bicyclic) bond motifs is 1. The summed E-state index contributed by atoms with van der Waals surface area (Å²) in [6.07, 6.45) is 1.65. The quantitative estimate of drug-likeness (QED) is 0.758. The molecule has 3 aromatic rings. The monoisotopic (exact) mass is 359 g/mol. The molecule has 5 nitrogen and oxygen atoms in total. The molecule has 0 saturated carbocycles. The molecule has 1 fully saturated rings. The summed E-state index contributed by atoms with van der Waals surface area (Å²) in [7, 11) is 2.20. The molecule has 0 aliphatic carbocycles. The normalized spacial score (nSPS) is 18.0. The van der Waals surface area contributed by atoms with Gasteiger partial charge in [0, 0.05) is 37.6 Å². The van der Waals surface area contributed by atoms with Gasteiger partial charge in [-0.1, -0.05) is 6.07 Å². The predicted molar refractivity (Wildman–Crippen MR) is 102 cm³/mol. The first-order valence-electron chi connectivity index (χ1n) is 8.19. The third-order valence-corrected chi connectivity index (χ3v) is 6.37. The highest BCUT2D eigenvalue weighted by Crippen LogP contribution is 2.28. The van der Waals surface area contributed by atoms with Crippen molar-refractivity contribution >= 4 is 38.7 Å². The van der Waals surface area contributed by atoms with Gasteiger partial charge < -0.3 is 10.2 Å². The molecule has 7 heteroatoms. The molecule has 0 aromatic carbocycles. The molecule has 0 amide bonds. The van der Waals surface area contributed by atoms with Crippen LogP contribution in [0.4, 0.5) is 5.82 Å². The minimum absolute atomic E-state index is 0.391. The van der Waals surface area contributed by atoms with E-state index in [1.807, 2.05) is 11.3 Å². The number of likely N-dealkylation sites (N-methyl/N-ethyl adjacent to an activating group) is 1. The Morgan fingerprint density at radius 3 is 2.79 bits per heavy atom. The van der Waals surface area contributed by atoms with Gasteiger partial charge in [-0.05, 0) is 29.9 Å². The average Bonchev–Trinajstić information content (AvgIpc) is 3.28. The highest BCUT2D eigenvalue weighted by molar-refractivity contribution is 7.16. The van der Waals surface area contributed by atoms with E-state index in [-0.39, 0.29) is 0 Å². The van der Waals surface area contributed by atoms with Crippen molar-refractivity contribution in [2.24, 2.45) is 0 Å². The van der Waals surface area contributed by atoms with E-state index < -0.39 is 0 Å². The van der Waals surface area contributed by atoms with Gasteiger partial charge in [-0.25, -0.2) is 9.97 Å². The SMILES string of the molecule is CN1CCN(C(CNc2ncnc3sccc23)c2cccs2)CC1. The Bertz CT molecular complexity index is 777. The zero-order valence-corrected chi connectivity index (χ0v) is 15.3. The third kappa shape index (κ3) is 3.30. The number of hydrogen-bond acceptors (Lipinski definition) is 7. The lowest BCUT2D eigenvalue weighted by atomic mass is 10.1. The van der Waals surface area contributed by atoms with Gasteiger partial charge in [0.2, 0.25) is 0 Å². The van der Waals surface area contributed by atoms with E-state index in [1.54, 1.807) is 17.7 Å². The number of hydrogen-bond donors (Lipinski definition) is 1. The Labute approximate surface area is 150 Å². The fourth-order valence-corrected chi connectivity index (χ4v) is 4.74. The maximum Gasteiger partial charge on any atom is 0.138 e. The van der Waals surface area contributed by atoms with Crippen LogP contribution in [0.2, 0.25) is 0 Å². The van der Waals surface area contributed by atoms with Gasteiger partial charge in [0.1, 0.15) is 17.0 Å². The molecule has 3 aromatic heterocycles. The van der Waals surface area contributed by atoms with Crippen molar-refractivity contribution in [1.82, 2.24) is 19.8 Å². The summed E-state index contributed by atoms with van der Waals surface area (Å²) in [5.74, 6) is 0.942. The Morgan fingerprint density at radius 2 is 2.00 bits per heavy atom. The van der Waals surface area contributed by atoms with Gasteiger partial charge in [-0.3, -0.25) is 4.90 Å². The van der Waals surface area contributed by atoms with Crippen LogP contribution in [-0.4, -0.2) is 59.5 Å². The van der Waals surface area contributed by atoms with Crippen LogP contribution in [0.5, 0.6) is 0 Å². The summed E-state index contributed by atoms with van der Waals surface area (Å²) in [6.45, 7) is 5.34. The van der Waals surface area contributed by atoms with E-state index in [0.717, 1.165) is 48.8 Å². The number of nitrogens with zero attached hydrogens (tertiary/aromatic N) is 4. The maximum atomic E-state index is 4.45. The summed E-state index contributed by atoms with van der Waals surface area (Å²) in [5.41, 5.74) is 0. The van der Waals surface area contributed by atoms with E-state index in [2.05, 4.69) is 61.1 Å². The summed E-state index contributed by atoms with van der Waals surface area (Å²) in [5, 5.41) is 8.93. The molecule has 126 valence electrons. The van der Waals surface area contributed by atoms with Gasteiger partial charge in [-0.2, -0.15) is 0 Å². The largest absolute Gasteiger partial charge is 0.367 e. The maximum absolute atomic E-state index is 4.45. The summed E-state index contributed by atoms with van der Waals surface area (Å²) >= 11 is 3.50. The Hall–Kier alpha value is -1.54. The molecule has 24 heavy (non-hydrogen) atoms. The van der Waals surface area contributed by atoms with E-state index >= 15 is 0 Å². The van der Waals surface area contributed by atoms with Gasteiger partial charge >= 0.3 is 0 Å². The first kappa shape index (κ1) is 16.0. The third-order valence-electron chi connectivity index (χ3n) is 4.57. The van der Waals surface area contributed by atoms with Crippen molar-refractivity contribution in [2.75, 3.05) is 45.1 Å². The lowest BCUT2D eigenvalue weighted by Crippen LogP contribution is -2.47. The van der Waals surface area contributed by atoms with Crippen molar-refractivity contribution in [2.45, 2.75) is 6.04 Å². The number of rotatable bonds is 5. The molecule has 1 N–H and O–H groups in total. The van der Waals surface area contributed by atoms with E-state index in [9.17, 15) is 0 Å². The standard InChI is InChI=1S/C17H21N5S2/c1-21-5-7-22(8-6-21)14(15-3-2-9-23-15)11-18-16-13-4-10-24-17(13)20-12-19-16/h2-4,9-10,12,14H,5-8,11H2,1H3,(H,18,19,20).